The molecule has 0 aliphatic carbocycles. The summed E-state index contributed by atoms with van der Waals surface area (Å²) in [5.41, 5.74) is 3.70. The summed E-state index contributed by atoms with van der Waals surface area (Å²) < 4.78 is 26.0. The van der Waals surface area contributed by atoms with Crippen molar-refractivity contribution in [1.82, 2.24) is 4.98 Å². The fourth-order valence-electron chi connectivity index (χ4n) is 4.06. The van der Waals surface area contributed by atoms with Crippen LogP contribution < -0.4 is 4.90 Å². The molecule has 1 aliphatic heterocycles. The van der Waals surface area contributed by atoms with E-state index in [1.165, 1.54) is 11.1 Å². The summed E-state index contributed by atoms with van der Waals surface area (Å²) in [4.78, 5) is 7.27. The van der Waals surface area contributed by atoms with Gasteiger partial charge in [0.2, 0.25) is 0 Å². The van der Waals surface area contributed by atoms with Crippen LogP contribution in [0.15, 0.2) is 58.8 Å². The smallest absolute Gasteiger partial charge is 0.185 e. The van der Waals surface area contributed by atoms with Crippen LogP contribution in [-0.4, -0.2) is 31.7 Å². The average Bonchev–Trinajstić information content (AvgIpc) is 3.24. The van der Waals surface area contributed by atoms with E-state index in [2.05, 4.69) is 41.5 Å². The summed E-state index contributed by atoms with van der Waals surface area (Å²) in [5, 5.41) is 3.00. The predicted octanol–water partition coefficient (Wildman–Crippen LogP) is 5.78. The molecule has 1 saturated heterocycles. The maximum Gasteiger partial charge on any atom is 0.185 e. The highest BCUT2D eigenvalue weighted by atomic mass is 35.5. The molecule has 0 atom stereocenters. The summed E-state index contributed by atoms with van der Waals surface area (Å²) in [6.45, 7) is 3.57. The Morgan fingerprint density at radius 1 is 1.06 bits per heavy atom. The molecule has 3 aromatic rings. The van der Waals surface area contributed by atoms with Gasteiger partial charge in [0, 0.05) is 24.9 Å². The lowest BCUT2D eigenvalue weighted by Gasteiger charge is -2.31. The summed E-state index contributed by atoms with van der Waals surface area (Å²) in [7, 11) is -3.42. The van der Waals surface area contributed by atoms with Crippen molar-refractivity contribution in [3.8, 4) is 0 Å². The molecule has 2 heterocycles. The van der Waals surface area contributed by atoms with Gasteiger partial charge in [-0.05, 0) is 42.5 Å². The third-order valence-corrected chi connectivity index (χ3v) is 9.49. The molecule has 1 aromatic heterocycles. The van der Waals surface area contributed by atoms with Crippen molar-refractivity contribution in [2.75, 3.05) is 18.0 Å². The van der Waals surface area contributed by atoms with Crippen molar-refractivity contribution in [2.45, 2.75) is 49.2 Å². The highest BCUT2D eigenvalue weighted by Gasteiger charge is 2.33. The van der Waals surface area contributed by atoms with Crippen LogP contribution in [0.1, 0.15) is 43.0 Å². The minimum absolute atomic E-state index is 0.247. The lowest BCUT2D eigenvalue weighted by molar-refractivity contribution is 0.529. The lowest BCUT2D eigenvalue weighted by Crippen LogP contribution is -2.39. The van der Waals surface area contributed by atoms with Gasteiger partial charge in [-0.25, -0.2) is 13.4 Å². The van der Waals surface area contributed by atoms with Gasteiger partial charge < -0.3 is 4.90 Å². The Bertz CT molecular complexity index is 1120. The van der Waals surface area contributed by atoms with E-state index in [9.17, 15) is 8.42 Å². The number of halogens is 1. The average molecular weight is 475 g/mol. The predicted molar refractivity (Wildman–Crippen MR) is 129 cm³/mol. The number of aryl methyl sites for hydroxylation is 1. The third kappa shape index (κ3) is 5.13. The molecule has 164 valence electrons. The second-order valence-corrected chi connectivity index (χ2v) is 11.5. The van der Waals surface area contributed by atoms with Gasteiger partial charge in [0.15, 0.2) is 15.0 Å². The molecule has 0 saturated carbocycles. The van der Waals surface area contributed by atoms with Crippen molar-refractivity contribution in [2.24, 2.45) is 0 Å². The van der Waals surface area contributed by atoms with Crippen LogP contribution in [0.5, 0.6) is 0 Å². The maximum atomic E-state index is 13.0. The Morgan fingerprint density at radius 2 is 1.74 bits per heavy atom. The van der Waals surface area contributed by atoms with E-state index in [1.807, 2.05) is 0 Å². The first kappa shape index (κ1) is 22.3. The molecule has 0 spiro atoms. The zero-order valence-electron chi connectivity index (χ0n) is 17.6. The molecule has 1 aliphatic rings. The standard InChI is InChI=1S/C24H27ClN2O2S2/c1-2-5-18-8-10-19(11-9-18)16-20-17-30-24(26-20)27-14-12-21(13-15-27)31(28,29)23-7-4-3-6-22(23)25/h3-4,6-11,17,21H,2,5,12-16H2,1H3. The topological polar surface area (TPSA) is 50.3 Å². The quantitative estimate of drug-likeness (QED) is 0.435. The molecule has 31 heavy (non-hydrogen) atoms. The van der Waals surface area contributed by atoms with Crippen LogP contribution >= 0.6 is 22.9 Å². The largest absolute Gasteiger partial charge is 0.348 e. The number of benzene rings is 2. The first-order valence-corrected chi connectivity index (χ1v) is 13.5. The van der Waals surface area contributed by atoms with Gasteiger partial charge in [0.05, 0.1) is 20.9 Å². The number of hydrogen-bond donors (Lipinski definition) is 0. The minimum Gasteiger partial charge on any atom is -0.348 e. The molecule has 4 nitrogen and oxygen atoms in total. The van der Waals surface area contributed by atoms with Gasteiger partial charge in [-0.3, -0.25) is 0 Å². The molecule has 0 radical (unpaired) electrons. The highest BCUT2D eigenvalue weighted by molar-refractivity contribution is 7.92. The SMILES string of the molecule is CCCc1ccc(Cc2csc(N3CCC(S(=O)(=O)c4ccccc4Cl)CC3)n2)cc1. The van der Waals surface area contributed by atoms with Gasteiger partial charge >= 0.3 is 0 Å². The van der Waals surface area contributed by atoms with Crippen molar-refractivity contribution < 1.29 is 8.42 Å². The normalized spacial score (nSPS) is 15.4. The number of nitrogens with zero attached hydrogens (tertiary/aromatic N) is 2. The zero-order chi connectivity index (χ0) is 21.8. The van der Waals surface area contributed by atoms with Crippen molar-refractivity contribution in [1.29, 1.82) is 0 Å². The molecular formula is C24H27ClN2O2S2. The minimum atomic E-state index is -3.42. The monoisotopic (exact) mass is 474 g/mol. The number of aromatic nitrogens is 1. The molecule has 1 fully saturated rings. The van der Waals surface area contributed by atoms with E-state index in [0.717, 1.165) is 30.1 Å². The van der Waals surface area contributed by atoms with Gasteiger partial charge in [-0.2, -0.15) is 0 Å². The van der Waals surface area contributed by atoms with Crippen LogP contribution in [0.4, 0.5) is 5.13 Å². The van der Waals surface area contributed by atoms with Gasteiger partial charge in [-0.1, -0.05) is 61.3 Å². The van der Waals surface area contributed by atoms with Gasteiger partial charge in [-0.15, -0.1) is 11.3 Å². The summed E-state index contributed by atoms with van der Waals surface area (Å²) in [6.07, 6.45) is 4.26. The number of hydrogen-bond acceptors (Lipinski definition) is 5. The first-order valence-electron chi connectivity index (χ1n) is 10.7. The van der Waals surface area contributed by atoms with Crippen molar-refractivity contribution in [3.63, 3.8) is 0 Å². The molecule has 0 unspecified atom stereocenters. The number of sulfone groups is 1. The molecule has 0 amide bonds. The Morgan fingerprint density at radius 3 is 2.42 bits per heavy atom. The molecule has 2 aromatic carbocycles. The van der Waals surface area contributed by atoms with Crippen LogP contribution in [0.25, 0.3) is 0 Å². The van der Waals surface area contributed by atoms with Crippen LogP contribution in [0.2, 0.25) is 5.02 Å². The number of thiazole rings is 1. The second kappa shape index (κ2) is 9.72. The Kier molecular flexibility index (Phi) is 6.99. The number of rotatable bonds is 7. The zero-order valence-corrected chi connectivity index (χ0v) is 20.0. The molecule has 0 bridgehead atoms. The van der Waals surface area contributed by atoms with Crippen molar-refractivity contribution in [3.05, 3.63) is 75.8 Å². The Labute approximate surface area is 193 Å². The maximum absolute atomic E-state index is 13.0. The van der Waals surface area contributed by atoms with E-state index in [1.54, 1.807) is 35.6 Å². The Balaban J connectivity index is 1.37. The summed E-state index contributed by atoms with van der Waals surface area (Å²) in [5.74, 6) is 0. The molecule has 4 rings (SSSR count). The summed E-state index contributed by atoms with van der Waals surface area (Å²) in [6, 6.07) is 15.5. The van der Waals surface area contributed by atoms with Crippen LogP contribution in [0.3, 0.4) is 0 Å². The van der Waals surface area contributed by atoms with E-state index in [0.29, 0.717) is 31.0 Å². The summed E-state index contributed by atoms with van der Waals surface area (Å²) >= 11 is 7.79. The van der Waals surface area contributed by atoms with E-state index in [-0.39, 0.29) is 4.90 Å². The molecule has 7 heteroatoms. The van der Waals surface area contributed by atoms with Gasteiger partial charge in [0.25, 0.3) is 0 Å². The third-order valence-electron chi connectivity index (χ3n) is 5.78. The number of anilines is 1. The second-order valence-electron chi connectivity index (χ2n) is 8.03. The fraction of sp³-hybridized carbons (Fsp3) is 0.375. The van der Waals surface area contributed by atoms with Crippen LogP contribution in [-0.2, 0) is 22.7 Å². The highest BCUT2D eigenvalue weighted by Crippen LogP contribution is 2.32. The van der Waals surface area contributed by atoms with E-state index < -0.39 is 15.1 Å². The molecule has 0 N–H and O–H groups in total. The van der Waals surface area contributed by atoms with E-state index in [4.69, 9.17) is 16.6 Å². The van der Waals surface area contributed by atoms with Crippen molar-refractivity contribution >= 4 is 37.9 Å². The lowest BCUT2D eigenvalue weighted by atomic mass is 10.1. The Hall–Kier alpha value is -1.89. The first-order chi connectivity index (χ1) is 15.0. The number of piperidine rings is 1. The van der Waals surface area contributed by atoms with Gasteiger partial charge in [0.1, 0.15) is 0 Å². The molecular weight excluding hydrogens is 448 g/mol. The fourth-order valence-corrected chi connectivity index (χ4v) is 7.19. The van der Waals surface area contributed by atoms with E-state index >= 15 is 0 Å². The van der Waals surface area contributed by atoms with Crippen LogP contribution in [0, 0.1) is 0 Å².